The van der Waals surface area contributed by atoms with Gasteiger partial charge in [-0.2, -0.15) is 0 Å². The molecule has 24 heavy (non-hydrogen) atoms. The van der Waals surface area contributed by atoms with Crippen LogP contribution in [0, 0.1) is 5.92 Å². The lowest BCUT2D eigenvalue weighted by Crippen LogP contribution is -2.14. The molecular weight excluding hydrogens is 294 g/mol. The van der Waals surface area contributed by atoms with Gasteiger partial charge < -0.3 is 0 Å². The van der Waals surface area contributed by atoms with Crippen molar-refractivity contribution >= 4 is 5.78 Å². The van der Waals surface area contributed by atoms with Gasteiger partial charge in [0.2, 0.25) is 0 Å². The van der Waals surface area contributed by atoms with Crippen molar-refractivity contribution in [1.82, 2.24) is 4.98 Å². The molecule has 2 rings (SSSR count). The number of ketones is 1. The highest BCUT2D eigenvalue weighted by Crippen LogP contribution is 2.37. The molecule has 1 aliphatic carbocycles. The highest BCUT2D eigenvalue weighted by molar-refractivity contribution is 5.95. The smallest absolute Gasteiger partial charge is 0.164 e. The van der Waals surface area contributed by atoms with Gasteiger partial charge in [0.05, 0.1) is 0 Å². The lowest BCUT2D eigenvalue weighted by molar-refractivity contribution is 0.0979. The zero-order valence-electron chi connectivity index (χ0n) is 15.7. The molecule has 0 aromatic carbocycles. The summed E-state index contributed by atoms with van der Waals surface area (Å²) in [6.45, 7) is 4.40. The van der Waals surface area contributed by atoms with Crippen LogP contribution in [-0.4, -0.2) is 10.8 Å². The molecule has 0 atom stereocenters. The first-order valence-corrected chi connectivity index (χ1v) is 10.2. The van der Waals surface area contributed by atoms with Crippen molar-refractivity contribution < 1.29 is 4.79 Å². The van der Waals surface area contributed by atoms with Gasteiger partial charge in [0, 0.05) is 29.8 Å². The summed E-state index contributed by atoms with van der Waals surface area (Å²) in [6.07, 6.45) is 16.7. The zero-order chi connectivity index (χ0) is 17.2. The fourth-order valence-electron chi connectivity index (χ4n) is 3.90. The van der Waals surface area contributed by atoms with Crippen LogP contribution in [0.15, 0.2) is 18.3 Å². The van der Waals surface area contributed by atoms with Gasteiger partial charge in [-0.15, -0.1) is 0 Å². The summed E-state index contributed by atoms with van der Waals surface area (Å²) < 4.78 is 0. The Morgan fingerprint density at radius 2 is 1.75 bits per heavy atom. The molecule has 1 fully saturated rings. The Morgan fingerprint density at radius 3 is 2.38 bits per heavy atom. The largest absolute Gasteiger partial charge is 0.294 e. The molecule has 1 aromatic rings. The third kappa shape index (κ3) is 6.03. The molecule has 0 bridgehead atoms. The third-order valence-electron chi connectivity index (χ3n) is 5.60. The fraction of sp³-hybridized carbons (Fsp3) is 0.727. The Hall–Kier alpha value is -1.18. The molecule has 0 saturated heterocycles. The van der Waals surface area contributed by atoms with Crippen molar-refractivity contribution in [3.8, 4) is 0 Å². The van der Waals surface area contributed by atoms with Crippen LogP contribution in [0.2, 0.25) is 0 Å². The van der Waals surface area contributed by atoms with E-state index in [4.69, 9.17) is 0 Å². The zero-order valence-corrected chi connectivity index (χ0v) is 15.7. The van der Waals surface area contributed by atoms with Crippen molar-refractivity contribution in [3.63, 3.8) is 0 Å². The van der Waals surface area contributed by atoms with Gasteiger partial charge in [0.25, 0.3) is 0 Å². The van der Waals surface area contributed by atoms with Crippen molar-refractivity contribution in [2.75, 3.05) is 0 Å². The summed E-state index contributed by atoms with van der Waals surface area (Å²) in [5.74, 6) is 1.79. The Bertz CT molecular complexity index is 471. The Kier molecular flexibility index (Phi) is 8.49. The molecule has 1 saturated carbocycles. The molecule has 0 N–H and O–H groups in total. The number of aromatic nitrogens is 1. The van der Waals surface area contributed by atoms with Crippen LogP contribution < -0.4 is 0 Å². The van der Waals surface area contributed by atoms with Crippen LogP contribution in [0.4, 0.5) is 0 Å². The average Bonchev–Trinajstić information content (AvgIpc) is 2.64. The van der Waals surface area contributed by atoms with Gasteiger partial charge >= 0.3 is 0 Å². The first-order valence-electron chi connectivity index (χ1n) is 10.2. The second-order valence-electron chi connectivity index (χ2n) is 7.57. The van der Waals surface area contributed by atoms with E-state index >= 15 is 0 Å². The second-order valence-corrected chi connectivity index (χ2v) is 7.57. The minimum atomic E-state index is 0.242. The van der Waals surface area contributed by atoms with E-state index in [1.807, 2.05) is 12.3 Å². The molecule has 0 radical (unpaired) electrons. The molecule has 0 unspecified atom stereocenters. The number of hydrogen-bond donors (Lipinski definition) is 0. The third-order valence-corrected chi connectivity index (χ3v) is 5.60. The predicted octanol–water partition coefficient (Wildman–Crippen LogP) is 6.70. The van der Waals surface area contributed by atoms with Gasteiger partial charge in [0.15, 0.2) is 5.78 Å². The summed E-state index contributed by atoms with van der Waals surface area (Å²) in [6, 6.07) is 4.10. The first-order chi connectivity index (χ1) is 11.7. The standard InChI is InChI=1S/C22H35NO/c1-3-5-7-8-9-18-11-13-19(14-12-18)21-16-15-20(17-23-21)22(24)10-6-4-2/h15-19H,3-14H2,1-2H3/t18-,19-. The van der Waals surface area contributed by atoms with Crippen molar-refractivity contribution in [2.24, 2.45) is 5.92 Å². The van der Waals surface area contributed by atoms with Crippen LogP contribution >= 0.6 is 0 Å². The number of nitrogens with zero attached hydrogens (tertiary/aromatic N) is 1. The van der Waals surface area contributed by atoms with E-state index in [9.17, 15) is 4.79 Å². The normalized spacial score (nSPS) is 20.9. The minimum absolute atomic E-state index is 0.242. The number of rotatable bonds is 10. The van der Waals surface area contributed by atoms with E-state index in [2.05, 4.69) is 24.9 Å². The van der Waals surface area contributed by atoms with E-state index in [1.165, 1.54) is 63.5 Å². The fourth-order valence-corrected chi connectivity index (χ4v) is 3.90. The number of carbonyl (C=O) groups is 1. The summed E-state index contributed by atoms with van der Waals surface area (Å²) in [5.41, 5.74) is 1.99. The number of unbranched alkanes of at least 4 members (excludes halogenated alkanes) is 4. The maximum atomic E-state index is 12.0. The number of carbonyl (C=O) groups excluding carboxylic acids is 1. The van der Waals surface area contributed by atoms with E-state index in [0.29, 0.717) is 12.3 Å². The van der Waals surface area contributed by atoms with E-state index in [-0.39, 0.29) is 5.78 Å². The van der Waals surface area contributed by atoms with Crippen LogP contribution in [0.1, 0.15) is 113 Å². The topological polar surface area (TPSA) is 30.0 Å². The molecule has 0 spiro atoms. The van der Waals surface area contributed by atoms with Gasteiger partial charge in [0.1, 0.15) is 0 Å². The van der Waals surface area contributed by atoms with Crippen molar-refractivity contribution in [3.05, 3.63) is 29.6 Å². The van der Waals surface area contributed by atoms with Crippen molar-refractivity contribution in [2.45, 2.75) is 96.8 Å². The molecule has 2 heteroatoms. The maximum Gasteiger partial charge on any atom is 0.164 e. The number of pyridine rings is 1. The van der Waals surface area contributed by atoms with Crippen LogP contribution in [0.5, 0.6) is 0 Å². The highest BCUT2D eigenvalue weighted by Gasteiger charge is 2.23. The van der Waals surface area contributed by atoms with Gasteiger partial charge in [-0.05, 0) is 50.2 Å². The summed E-state index contributed by atoms with van der Waals surface area (Å²) in [7, 11) is 0. The molecule has 1 aromatic heterocycles. The molecule has 0 aliphatic heterocycles. The van der Waals surface area contributed by atoms with Gasteiger partial charge in [-0.1, -0.05) is 52.4 Å². The Balaban J connectivity index is 1.76. The lowest BCUT2D eigenvalue weighted by Gasteiger charge is -2.28. The van der Waals surface area contributed by atoms with E-state index in [1.54, 1.807) is 0 Å². The Labute approximate surface area is 148 Å². The second kappa shape index (κ2) is 10.6. The number of Topliss-reactive ketones (excluding diaryl/α,β-unsaturated/α-hetero) is 1. The molecule has 0 amide bonds. The molecule has 1 aliphatic rings. The van der Waals surface area contributed by atoms with Gasteiger partial charge in [-0.25, -0.2) is 0 Å². The molecular formula is C22H35NO. The van der Waals surface area contributed by atoms with Crippen LogP contribution in [0.25, 0.3) is 0 Å². The maximum absolute atomic E-state index is 12.0. The summed E-state index contributed by atoms with van der Waals surface area (Å²) in [5, 5.41) is 0. The molecule has 134 valence electrons. The van der Waals surface area contributed by atoms with Crippen molar-refractivity contribution in [1.29, 1.82) is 0 Å². The molecule has 1 heterocycles. The summed E-state index contributed by atoms with van der Waals surface area (Å²) >= 11 is 0. The summed E-state index contributed by atoms with van der Waals surface area (Å²) in [4.78, 5) is 16.7. The average molecular weight is 330 g/mol. The highest BCUT2D eigenvalue weighted by atomic mass is 16.1. The quantitative estimate of drug-likeness (QED) is 0.353. The van der Waals surface area contributed by atoms with E-state index in [0.717, 1.165) is 24.3 Å². The van der Waals surface area contributed by atoms with Crippen LogP contribution in [0.3, 0.4) is 0 Å². The van der Waals surface area contributed by atoms with Crippen LogP contribution in [-0.2, 0) is 0 Å². The van der Waals surface area contributed by atoms with E-state index < -0.39 is 0 Å². The number of hydrogen-bond acceptors (Lipinski definition) is 2. The Morgan fingerprint density at radius 1 is 1.00 bits per heavy atom. The minimum Gasteiger partial charge on any atom is -0.294 e. The van der Waals surface area contributed by atoms with Gasteiger partial charge in [-0.3, -0.25) is 9.78 Å². The SMILES string of the molecule is CCCCCC[C@H]1CC[C@H](c2ccc(C(=O)CCCC)cn2)CC1. The monoisotopic (exact) mass is 329 g/mol. The molecule has 2 nitrogen and oxygen atoms in total. The lowest BCUT2D eigenvalue weighted by atomic mass is 9.78. The predicted molar refractivity (Wildman–Crippen MR) is 102 cm³/mol. The first kappa shape index (κ1) is 19.1.